The molecule has 0 saturated heterocycles. The van der Waals surface area contributed by atoms with Crippen LogP contribution in [0.25, 0.3) is 11.1 Å². The minimum absolute atomic E-state index is 0. The van der Waals surface area contributed by atoms with E-state index < -0.39 is 0 Å². The van der Waals surface area contributed by atoms with Gasteiger partial charge in [-0.15, -0.1) is 16.7 Å². The van der Waals surface area contributed by atoms with Crippen LogP contribution in [0.4, 0.5) is 0 Å². The van der Waals surface area contributed by atoms with Gasteiger partial charge in [-0.25, -0.2) is 12.1 Å². The van der Waals surface area contributed by atoms with E-state index in [4.69, 9.17) is 0 Å². The molecule has 0 atom stereocenters. The average Bonchev–Trinajstić information content (AvgIpc) is 3.31. The van der Waals surface area contributed by atoms with Crippen molar-refractivity contribution in [3.63, 3.8) is 0 Å². The van der Waals surface area contributed by atoms with Crippen LogP contribution >= 0.6 is 0 Å². The third-order valence-electron chi connectivity index (χ3n) is 5.01. The minimum atomic E-state index is 0. The van der Waals surface area contributed by atoms with Gasteiger partial charge in [-0.05, 0) is 13.3 Å². The number of hydrogen-bond donors (Lipinski definition) is 0. The van der Waals surface area contributed by atoms with E-state index in [-0.39, 0.29) is 46.5 Å². The number of hydrogen-bond acceptors (Lipinski definition) is 0. The standard InChI is InChI=1S/C20H27.C5H5.2ClH.Ti/c1-6-16-17(7-2)19(9-4)20(18(16)8-3)15-12-10-14(5)11-13-15;1-2-4-5-3-1;;;/h10-13H,6-9H2,1-5H3;1-5H;2*1H;/q2*-1;;;+4/p-2. The molecule has 0 nitrogen and oxygen atoms in total. The van der Waals surface area contributed by atoms with E-state index in [0.29, 0.717) is 0 Å². The van der Waals surface area contributed by atoms with E-state index >= 15 is 0 Å². The largest absolute Gasteiger partial charge is 4.00 e. The van der Waals surface area contributed by atoms with E-state index in [1.165, 1.54) is 16.7 Å². The Hall–Kier alpha value is -0.786. The summed E-state index contributed by atoms with van der Waals surface area (Å²) in [5.74, 6) is 0. The topological polar surface area (TPSA) is 0 Å². The molecule has 0 bridgehead atoms. The van der Waals surface area contributed by atoms with Crippen molar-refractivity contribution in [2.75, 3.05) is 0 Å². The summed E-state index contributed by atoms with van der Waals surface area (Å²) in [7, 11) is 0. The van der Waals surface area contributed by atoms with Crippen LogP contribution in [0.2, 0.25) is 0 Å². The first kappa shape index (κ1) is 29.4. The fourth-order valence-corrected chi connectivity index (χ4v) is 3.87. The molecule has 0 aromatic heterocycles. The minimum Gasteiger partial charge on any atom is -1.00 e. The Morgan fingerprint density at radius 3 is 1.68 bits per heavy atom. The van der Waals surface area contributed by atoms with E-state index in [1.54, 1.807) is 22.3 Å². The van der Waals surface area contributed by atoms with E-state index in [9.17, 15) is 0 Å². The van der Waals surface area contributed by atoms with Crippen molar-refractivity contribution in [1.82, 2.24) is 0 Å². The number of aryl methyl sites for hydroxylation is 1. The first-order chi connectivity index (χ1) is 12.2. The van der Waals surface area contributed by atoms with Gasteiger partial charge in [-0.3, -0.25) is 0 Å². The van der Waals surface area contributed by atoms with Gasteiger partial charge < -0.3 is 24.8 Å². The van der Waals surface area contributed by atoms with Crippen molar-refractivity contribution < 1.29 is 46.5 Å². The Morgan fingerprint density at radius 2 is 1.32 bits per heavy atom. The zero-order valence-corrected chi connectivity index (χ0v) is 20.9. The maximum absolute atomic E-state index is 2.30. The molecule has 0 radical (unpaired) electrons. The summed E-state index contributed by atoms with van der Waals surface area (Å²) in [5, 5.41) is 0. The number of halogens is 2. The fourth-order valence-electron chi connectivity index (χ4n) is 3.87. The Balaban J connectivity index is 0. The fraction of sp³-hybridized carbons (Fsp3) is 0.360. The Kier molecular flexibility index (Phi) is 15.9. The van der Waals surface area contributed by atoms with Crippen molar-refractivity contribution in [2.45, 2.75) is 60.3 Å². The van der Waals surface area contributed by atoms with Crippen molar-refractivity contribution in [3.8, 4) is 11.1 Å². The first-order valence-corrected chi connectivity index (χ1v) is 9.73. The quantitative estimate of drug-likeness (QED) is 0.402. The van der Waals surface area contributed by atoms with E-state index in [2.05, 4.69) is 58.9 Å². The average molecular weight is 451 g/mol. The molecule has 0 fully saturated rings. The van der Waals surface area contributed by atoms with Crippen LogP contribution in [0.3, 0.4) is 0 Å². The number of benzene rings is 1. The number of rotatable bonds is 5. The first-order valence-electron chi connectivity index (χ1n) is 9.73. The SMILES string of the molecule is CCc1c(CC)c(-c2ccc(C)cc2)[c-](CC)c1CC.[Cl-].[Cl-].[Ti+4].c1cc[cH-]c1. The molecule has 0 aliphatic rings. The van der Waals surface area contributed by atoms with Crippen LogP contribution in [0.5, 0.6) is 0 Å². The van der Waals surface area contributed by atoms with Gasteiger partial charge in [0, 0.05) is 0 Å². The molecular weight excluding hydrogens is 419 g/mol. The molecule has 150 valence electrons. The van der Waals surface area contributed by atoms with Crippen LogP contribution in [-0.4, -0.2) is 0 Å². The molecular formula is C25H32Cl2Ti. The van der Waals surface area contributed by atoms with Crippen LogP contribution in [0.1, 0.15) is 55.5 Å². The van der Waals surface area contributed by atoms with Crippen LogP contribution in [0.15, 0.2) is 54.6 Å². The third kappa shape index (κ3) is 6.92. The second kappa shape index (κ2) is 15.1. The monoisotopic (exact) mass is 450 g/mol. The molecule has 0 unspecified atom stereocenters. The normalized spacial score (nSPS) is 9.32. The summed E-state index contributed by atoms with van der Waals surface area (Å²) in [5.41, 5.74) is 10.7. The van der Waals surface area contributed by atoms with Gasteiger partial charge in [0.1, 0.15) is 0 Å². The molecule has 0 heterocycles. The summed E-state index contributed by atoms with van der Waals surface area (Å²) in [6.45, 7) is 11.3. The maximum atomic E-state index is 2.30. The van der Waals surface area contributed by atoms with Gasteiger partial charge >= 0.3 is 21.7 Å². The van der Waals surface area contributed by atoms with Crippen molar-refractivity contribution in [2.24, 2.45) is 0 Å². The molecule has 0 saturated carbocycles. The molecule has 0 aliphatic heterocycles. The van der Waals surface area contributed by atoms with Crippen LogP contribution < -0.4 is 24.8 Å². The molecule has 3 aromatic carbocycles. The van der Waals surface area contributed by atoms with Gasteiger partial charge in [0.05, 0.1) is 0 Å². The van der Waals surface area contributed by atoms with Gasteiger partial charge in [0.25, 0.3) is 0 Å². The summed E-state index contributed by atoms with van der Waals surface area (Å²) < 4.78 is 0. The Labute approximate surface area is 199 Å². The molecule has 0 N–H and O–H groups in total. The molecule has 0 aliphatic carbocycles. The molecule has 3 aromatic rings. The zero-order valence-electron chi connectivity index (χ0n) is 17.8. The summed E-state index contributed by atoms with van der Waals surface area (Å²) in [6, 6.07) is 19.1. The second-order valence-electron chi connectivity index (χ2n) is 6.53. The van der Waals surface area contributed by atoms with Crippen molar-refractivity contribution in [3.05, 3.63) is 82.4 Å². The van der Waals surface area contributed by atoms with E-state index in [0.717, 1.165) is 25.7 Å². The summed E-state index contributed by atoms with van der Waals surface area (Å²) >= 11 is 0. The summed E-state index contributed by atoms with van der Waals surface area (Å²) in [6.07, 6.45) is 4.59. The molecule has 0 amide bonds. The van der Waals surface area contributed by atoms with Crippen LogP contribution in [0, 0.1) is 6.92 Å². The van der Waals surface area contributed by atoms with E-state index in [1.807, 2.05) is 30.3 Å². The molecule has 28 heavy (non-hydrogen) atoms. The zero-order chi connectivity index (χ0) is 18.2. The second-order valence-corrected chi connectivity index (χ2v) is 6.53. The maximum Gasteiger partial charge on any atom is 4.00 e. The Bertz CT molecular complexity index is 706. The smallest absolute Gasteiger partial charge is 1.00 e. The molecule has 3 heteroatoms. The molecule has 0 spiro atoms. The Morgan fingerprint density at radius 1 is 0.786 bits per heavy atom. The van der Waals surface area contributed by atoms with Gasteiger partial charge in [0.15, 0.2) is 0 Å². The van der Waals surface area contributed by atoms with Crippen molar-refractivity contribution in [1.29, 1.82) is 0 Å². The predicted octanol–water partition coefficient (Wildman–Crippen LogP) is 1.04. The van der Waals surface area contributed by atoms with Gasteiger partial charge in [-0.1, -0.05) is 82.3 Å². The molecule has 3 rings (SSSR count). The third-order valence-corrected chi connectivity index (χ3v) is 5.01. The van der Waals surface area contributed by atoms with Gasteiger partial charge in [0.2, 0.25) is 0 Å². The summed E-state index contributed by atoms with van der Waals surface area (Å²) in [4.78, 5) is 0. The predicted molar refractivity (Wildman–Crippen MR) is 112 cm³/mol. The van der Waals surface area contributed by atoms with Crippen LogP contribution in [-0.2, 0) is 47.4 Å². The van der Waals surface area contributed by atoms with Gasteiger partial charge in [-0.2, -0.15) is 29.3 Å². The van der Waals surface area contributed by atoms with Crippen molar-refractivity contribution >= 4 is 0 Å².